The van der Waals surface area contributed by atoms with Gasteiger partial charge in [0, 0.05) is 72.4 Å². The molecule has 3 aromatic heterocycles. The lowest BCUT2D eigenvalue weighted by Gasteiger charge is -2.12. The molecule has 0 spiro atoms. The molecule has 38 heavy (non-hydrogen) atoms. The van der Waals surface area contributed by atoms with E-state index in [9.17, 15) is 14.1 Å². The van der Waals surface area contributed by atoms with Crippen LogP contribution in [0.15, 0.2) is 90.6 Å². The summed E-state index contributed by atoms with van der Waals surface area (Å²) in [6.45, 7) is 0. The van der Waals surface area contributed by atoms with Crippen molar-refractivity contribution in [2.24, 2.45) is 5.18 Å². The predicted molar refractivity (Wildman–Crippen MR) is 148 cm³/mol. The van der Waals surface area contributed by atoms with Crippen molar-refractivity contribution in [1.82, 2.24) is 19.0 Å². The molecule has 2 aromatic carbocycles. The molecular weight excluding hydrogens is 501 g/mol. The van der Waals surface area contributed by atoms with Crippen molar-refractivity contribution in [3.8, 4) is 11.1 Å². The average molecular weight is 526 g/mol. The molecule has 0 saturated heterocycles. The third kappa shape index (κ3) is 3.99. The summed E-state index contributed by atoms with van der Waals surface area (Å²) in [5.74, 6) is 0.421. The second-order valence-corrected chi connectivity index (χ2v) is 10.5. The zero-order valence-electron chi connectivity index (χ0n) is 20.8. The van der Waals surface area contributed by atoms with Gasteiger partial charge in [-0.15, -0.1) is 16.7 Å². The molecule has 5 aromatic rings. The van der Waals surface area contributed by atoms with Crippen LogP contribution in [-0.4, -0.2) is 39.1 Å². The van der Waals surface area contributed by atoms with Crippen LogP contribution in [0.4, 0.5) is 9.18 Å². The molecule has 1 amide bonds. The molecule has 6 rings (SSSR count). The fraction of sp³-hybridized carbons (Fsp3) is 0.172. The summed E-state index contributed by atoms with van der Waals surface area (Å²) >= 11 is 1.77. The molecule has 0 aliphatic carbocycles. The number of fused-ring (bicyclic) bond motifs is 2. The molecule has 0 saturated carbocycles. The Morgan fingerprint density at radius 1 is 1.11 bits per heavy atom. The van der Waals surface area contributed by atoms with Gasteiger partial charge < -0.3 is 9.47 Å². The fourth-order valence-corrected chi connectivity index (χ4v) is 6.41. The molecule has 1 aliphatic heterocycles. The van der Waals surface area contributed by atoms with Gasteiger partial charge in [-0.1, -0.05) is 35.5 Å². The van der Waals surface area contributed by atoms with Crippen LogP contribution in [0.5, 0.6) is 0 Å². The Hall–Kier alpha value is -4.24. The number of rotatable bonds is 5. The van der Waals surface area contributed by atoms with E-state index < -0.39 is 6.04 Å². The second-order valence-electron chi connectivity index (χ2n) is 9.45. The summed E-state index contributed by atoms with van der Waals surface area (Å²) < 4.78 is 17.2. The second kappa shape index (κ2) is 9.57. The third-order valence-electron chi connectivity index (χ3n) is 6.96. The Bertz CT molecular complexity index is 1660. The van der Waals surface area contributed by atoms with Crippen LogP contribution >= 0.6 is 11.8 Å². The maximum absolute atomic E-state index is 13.5. The highest BCUT2D eigenvalue weighted by Crippen LogP contribution is 2.45. The van der Waals surface area contributed by atoms with Gasteiger partial charge in [-0.05, 0) is 41.5 Å². The highest BCUT2D eigenvalue weighted by Gasteiger charge is 2.32. The lowest BCUT2D eigenvalue weighted by atomic mass is 9.97. The first-order valence-electron chi connectivity index (χ1n) is 12.1. The molecule has 190 valence electrons. The molecule has 0 N–H and O–H groups in total. The van der Waals surface area contributed by atoms with Gasteiger partial charge in [-0.25, -0.2) is 9.18 Å². The van der Waals surface area contributed by atoms with Crippen LogP contribution < -0.4 is 0 Å². The van der Waals surface area contributed by atoms with Crippen molar-refractivity contribution >= 4 is 28.7 Å². The van der Waals surface area contributed by atoms with Gasteiger partial charge in [0.25, 0.3) is 0 Å². The van der Waals surface area contributed by atoms with Crippen LogP contribution in [0.2, 0.25) is 0 Å². The first-order valence-corrected chi connectivity index (χ1v) is 13.2. The molecule has 0 bridgehead atoms. The molecule has 1 aliphatic rings. The quantitative estimate of drug-likeness (QED) is 0.236. The summed E-state index contributed by atoms with van der Waals surface area (Å²) in [6.07, 6.45) is 7.33. The minimum atomic E-state index is -0.783. The maximum Gasteiger partial charge on any atom is 0.328 e. The van der Waals surface area contributed by atoms with Crippen molar-refractivity contribution in [1.29, 1.82) is 0 Å². The van der Waals surface area contributed by atoms with Crippen molar-refractivity contribution < 1.29 is 9.18 Å². The van der Waals surface area contributed by atoms with Crippen LogP contribution in [0.1, 0.15) is 33.8 Å². The Morgan fingerprint density at radius 3 is 2.61 bits per heavy atom. The normalized spacial score (nSPS) is 15.4. The lowest BCUT2D eigenvalue weighted by molar-refractivity contribution is 0.220. The topological polar surface area (TPSA) is 72.5 Å². The molecule has 2 atom stereocenters. The highest BCUT2D eigenvalue weighted by atomic mass is 32.2. The van der Waals surface area contributed by atoms with Gasteiger partial charge in [0.1, 0.15) is 17.2 Å². The lowest BCUT2D eigenvalue weighted by Crippen LogP contribution is -2.26. The zero-order valence-corrected chi connectivity index (χ0v) is 21.6. The first-order chi connectivity index (χ1) is 18.5. The molecule has 1 unspecified atom stereocenters. The molecule has 0 fully saturated rings. The highest BCUT2D eigenvalue weighted by molar-refractivity contribution is 7.99. The maximum atomic E-state index is 13.5. The van der Waals surface area contributed by atoms with E-state index in [0.29, 0.717) is 11.1 Å². The number of thioether (sulfide) groups is 1. The monoisotopic (exact) mass is 525 g/mol. The van der Waals surface area contributed by atoms with Crippen LogP contribution in [0.25, 0.3) is 22.0 Å². The number of nitrogens with zero attached hydrogens (tertiary/aromatic N) is 5. The number of pyridine rings is 1. The number of benzene rings is 2. The van der Waals surface area contributed by atoms with Gasteiger partial charge in [0.05, 0.1) is 5.52 Å². The Labute approximate surface area is 222 Å². The van der Waals surface area contributed by atoms with E-state index in [1.54, 1.807) is 55.0 Å². The van der Waals surface area contributed by atoms with Crippen LogP contribution in [0, 0.1) is 10.7 Å². The smallest absolute Gasteiger partial charge is 0.328 e. The zero-order chi connectivity index (χ0) is 26.4. The minimum absolute atomic E-state index is 0.0784. The number of nitroso groups, excluding NO2 is 1. The number of hydrogen-bond acceptors (Lipinski definition) is 5. The van der Waals surface area contributed by atoms with Crippen molar-refractivity contribution in [2.45, 2.75) is 17.2 Å². The molecule has 0 radical (unpaired) electrons. The first kappa shape index (κ1) is 24.1. The van der Waals surface area contributed by atoms with Gasteiger partial charge >= 0.3 is 6.03 Å². The number of amides is 1. The molecule has 9 heteroatoms. The largest absolute Gasteiger partial charge is 0.334 e. The van der Waals surface area contributed by atoms with E-state index in [0.717, 1.165) is 39.1 Å². The number of hydrogen-bond donors (Lipinski definition) is 0. The van der Waals surface area contributed by atoms with E-state index in [2.05, 4.69) is 14.7 Å². The summed E-state index contributed by atoms with van der Waals surface area (Å²) in [5.41, 5.74) is 5.96. The van der Waals surface area contributed by atoms with Gasteiger partial charge in [-0.2, -0.15) is 0 Å². The van der Waals surface area contributed by atoms with E-state index in [-0.39, 0.29) is 17.2 Å². The summed E-state index contributed by atoms with van der Waals surface area (Å²) in [5, 5.41) is 4.42. The van der Waals surface area contributed by atoms with E-state index in [1.807, 2.05) is 48.8 Å². The summed E-state index contributed by atoms with van der Waals surface area (Å²) in [7, 11) is 3.37. The third-order valence-corrected chi connectivity index (χ3v) is 8.21. The number of carbonyl (C=O) groups excluding carboxylic acids is 1. The molecule has 4 heterocycles. The SMILES string of the molecule is CN(C)C(=O)n1cc(C(N=O)c2ccn3c2CS[C@@H]3c2cccnc2)c2ccc(-c3ccc(F)cc3)cc21. The number of carbonyl (C=O) groups is 1. The average Bonchev–Trinajstić information content (AvgIpc) is 3.64. The van der Waals surface area contributed by atoms with Gasteiger partial charge in [0.2, 0.25) is 0 Å². The van der Waals surface area contributed by atoms with E-state index >= 15 is 0 Å². The van der Waals surface area contributed by atoms with Gasteiger partial charge in [-0.3, -0.25) is 9.55 Å². The minimum Gasteiger partial charge on any atom is -0.334 e. The van der Waals surface area contributed by atoms with Crippen molar-refractivity contribution in [3.05, 3.63) is 119 Å². The van der Waals surface area contributed by atoms with Crippen molar-refractivity contribution in [3.63, 3.8) is 0 Å². The number of halogens is 1. The fourth-order valence-electron chi connectivity index (χ4n) is 5.09. The Morgan fingerprint density at radius 2 is 1.89 bits per heavy atom. The summed E-state index contributed by atoms with van der Waals surface area (Å²) in [4.78, 5) is 31.3. The van der Waals surface area contributed by atoms with Crippen molar-refractivity contribution in [2.75, 3.05) is 14.1 Å². The van der Waals surface area contributed by atoms with Gasteiger partial charge in [0.15, 0.2) is 0 Å². The Kier molecular flexibility index (Phi) is 6.07. The van der Waals surface area contributed by atoms with Crippen LogP contribution in [-0.2, 0) is 5.75 Å². The van der Waals surface area contributed by atoms with E-state index in [4.69, 9.17) is 0 Å². The van der Waals surface area contributed by atoms with E-state index in [1.165, 1.54) is 17.0 Å². The molecular formula is C29H24FN5O2S. The summed E-state index contributed by atoms with van der Waals surface area (Å²) in [6, 6.07) is 16.9. The Balaban J connectivity index is 1.47. The predicted octanol–water partition coefficient (Wildman–Crippen LogP) is 6.82. The molecule has 7 nitrogen and oxygen atoms in total. The van der Waals surface area contributed by atoms with Crippen LogP contribution in [0.3, 0.4) is 0 Å². The standard InChI is InChI=1S/C29H24FN5O2S/c1-33(2)29(36)35-16-24(22-10-7-19(14-25(22)35)18-5-8-21(30)9-6-18)27(32-37)23-11-13-34-26(23)17-38-28(34)20-4-3-12-31-15-20/h3-16,27-28H,17H2,1-2H3/t27?,28-/m1/s1. The number of aromatic nitrogens is 3.